The van der Waals surface area contributed by atoms with E-state index >= 15 is 0 Å². The number of nitrogens with zero attached hydrogens (tertiary/aromatic N) is 2. The van der Waals surface area contributed by atoms with Gasteiger partial charge in [0, 0.05) is 12.6 Å². The Hall–Kier alpha value is -1.88. The smallest absolute Gasteiger partial charge is 0.345 e. The SMILES string of the molecule is C=Cc1cnn(C)c1-c1ccc(C(=O)O)s1. The number of rotatable bonds is 3. The average Bonchev–Trinajstić information content (AvgIpc) is 2.83. The first-order chi connectivity index (χ1) is 7.63. The molecule has 0 saturated heterocycles. The number of aromatic carboxylic acids is 1. The lowest BCUT2D eigenvalue weighted by molar-refractivity contribution is 0.0702. The lowest BCUT2D eigenvalue weighted by Crippen LogP contribution is -1.92. The van der Waals surface area contributed by atoms with Crippen LogP contribution < -0.4 is 0 Å². The second-order valence-electron chi connectivity index (χ2n) is 3.25. The van der Waals surface area contributed by atoms with Gasteiger partial charge in [0.2, 0.25) is 0 Å². The van der Waals surface area contributed by atoms with Gasteiger partial charge >= 0.3 is 5.97 Å². The van der Waals surface area contributed by atoms with E-state index in [1.54, 1.807) is 29.1 Å². The fraction of sp³-hybridized carbons (Fsp3) is 0.0909. The Bertz CT molecular complexity index is 554. The van der Waals surface area contributed by atoms with Crippen molar-refractivity contribution < 1.29 is 9.90 Å². The summed E-state index contributed by atoms with van der Waals surface area (Å²) in [5, 5.41) is 13.0. The molecule has 0 spiro atoms. The summed E-state index contributed by atoms with van der Waals surface area (Å²) < 4.78 is 1.72. The number of hydrogen-bond acceptors (Lipinski definition) is 3. The molecule has 0 aliphatic rings. The molecule has 0 unspecified atom stereocenters. The third-order valence-corrected chi connectivity index (χ3v) is 3.32. The minimum atomic E-state index is -0.904. The van der Waals surface area contributed by atoms with E-state index in [1.807, 2.05) is 7.05 Å². The molecule has 1 N–H and O–H groups in total. The Morgan fingerprint density at radius 2 is 2.38 bits per heavy atom. The van der Waals surface area contributed by atoms with Crippen LogP contribution in [0.2, 0.25) is 0 Å². The molecule has 0 aromatic carbocycles. The van der Waals surface area contributed by atoms with Gasteiger partial charge in [0.1, 0.15) is 4.88 Å². The van der Waals surface area contributed by atoms with Crippen LogP contribution in [0.25, 0.3) is 16.6 Å². The molecule has 2 aromatic rings. The van der Waals surface area contributed by atoms with Gasteiger partial charge in [0.25, 0.3) is 0 Å². The zero-order valence-corrected chi connectivity index (χ0v) is 9.49. The Kier molecular flexibility index (Phi) is 2.62. The van der Waals surface area contributed by atoms with Crippen LogP contribution in [0.1, 0.15) is 15.2 Å². The van der Waals surface area contributed by atoms with Gasteiger partial charge in [-0.25, -0.2) is 4.79 Å². The Balaban J connectivity index is 2.53. The molecule has 5 heteroatoms. The van der Waals surface area contributed by atoms with Crippen LogP contribution in [0.3, 0.4) is 0 Å². The van der Waals surface area contributed by atoms with E-state index in [2.05, 4.69) is 11.7 Å². The standard InChI is InChI=1S/C11H10N2O2S/c1-3-7-6-12-13(2)10(7)8-4-5-9(16-8)11(14)15/h3-6H,1H2,2H3,(H,14,15). The topological polar surface area (TPSA) is 55.1 Å². The fourth-order valence-corrected chi connectivity index (χ4v) is 2.43. The predicted molar refractivity (Wildman–Crippen MR) is 63.6 cm³/mol. The molecule has 2 aromatic heterocycles. The summed E-state index contributed by atoms with van der Waals surface area (Å²) in [5.74, 6) is -0.904. The molecule has 0 radical (unpaired) electrons. The van der Waals surface area contributed by atoms with Crippen molar-refractivity contribution in [2.75, 3.05) is 0 Å². The molecule has 16 heavy (non-hydrogen) atoms. The van der Waals surface area contributed by atoms with Crippen LogP contribution in [0.15, 0.2) is 24.9 Å². The number of carboxylic acid groups (broad SMARTS) is 1. The number of carboxylic acids is 1. The maximum Gasteiger partial charge on any atom is 0.345 e. The highest BCUT2D eigenvalue weighted by atomic mass is 32.1. The zero-order chi connectivity index (χ0) is 11.7. The van der Waals surface area contributed by atoms with Crippen molar-refractivity contribution >= 4 is 23.4 Å². The molecule has 4 nitrogen and oxygen atoms in total. The first-order valence-electron chi connectivity index (χ1n) is 4.61. The monoisotopic (exact) mass is 234 g/mol. The van der Waals surface area contributed by atoms with Crippen molar-refractivity contribution in [2.45, 2.75) is 0 Å². The molecule has 0 amide bonds. The van der Waals surface area contributed by atoms with E-state index in [1.165, 1.54) is 11.3 Å². The lowest BCUT2D eigenvalue weighted by atomic mass is 10.2. The highest BCUT2D eigenvalue weighted by Crippen LogP contribution is 2.30. The number of hydrogen-bond donors (Lipinski definition) is 1. The molecule has 2 rings (SSSR count). The van der Waals surface area contributed by atoms with Gasteiger partial charge in [0.05, 0.1) is 16.8 Å². The summed E-state index contributed by atoms with van der Waals surface area (Å²) in [6, 6.07) is 3.39. The Morgan fingerprint density at radius 3 is 2.94 bits per heavy atom. The number of thiophene rings is 1. The van der Waals surface area contributed by atoms with Crippen LogP contribution >= 0.6 is 11.3 Å². The highest BCUT2D eigenvalue weighted by molar-refractivity contribution is 7.17. The fourth-order valence-electron chi connectivity index (χ4n) is 1.49. The number of aromatic nitrogens is 2. The summed E-state index contributed by atoms with van der Waals surface area (Å²) in [5.41, 5.74) is 1.80. The van der Waals surface area contributed by atoms with Gasteiger partial charge in [-0.3, -0.25) is 4.68 Å². The van der Waals surface area contributed by atoms with Gasteiger partial charge in [-0.15, -0.1) is 11.3 Å². The van der Waals surface area contributed by atoms with Gasteiger partial charge in [-0.1, -0.05) is 12.7 Å². The van der Waals surface area contributed by atoms with Crippen LogP contribution in [0.4, 0.5) is 0 Å². The predicted octanol–water partition coefficient (Wildman–Crippen LogP) is 2.49. The molecule has 0 atom stereocenters. The molecule has 0 aliphatic heterocycles. The normalized spacial score (nSPS) is 10.3. The summed E-state index contributed by atoms with van der Waals surface area (Å²) >= 11 is 1.23. The molecular weight excluding hydrogens is 224 g/mol. The van der Waals surface area contributed by atoms with E-state index in [0.717, 1.165) is 16.1 Å². The second kappa shape index (κ2) is 3.94. The molecule has 0 fully saturated rings. The van der Waals surface area contributed by atoms with E-state index in [9.17, 15) is 4.79 Å². The molecule has 0 aliphatic carbocycles. The van der Waals surface area contributed by atoms with Crippen LogP contribution in [-0.4, -0.2) is 20.9 Å². The van der Waals surface area contributed by atoms with Crippen molar-refractivity contribution in [3.63, 3.8) is 0 Å². The average molecular weight is 234 g/mol. The zero-order valence-electron chi connectivity index (χ0n) is 8.67. The summed E-state index contributed by atoms with van der Waals surface area (Å²) in [4.78, 5) is 12.0. The first kappa shape index (κ1) is 10.6. The van der Waals surface area contributed by atoms with Gasteiger partial charge in [0.15, 0.2) is 0 Å². The van der Waals surface area contributed by atoms with Crippen molar-refractivity contribution in [3.05, 3.63) is 35.3 Å². The lowest BCUT2D eigenvalue weighted by Gasteiger charge is -1.99. The largest absolute Gasteiger partial charge is 0.477 e. The van der Waals surface area contributed by atoms with Gasteiger partial charge in [-0.2, -0.15) is 5.10 Å². The number of carbonyl (C=O) groups is 1. The van der Waals surface area contributed by atoms with Crippen LogP contribution in [0.5, 0.6) is 0 Å². The molecular formula is C11H10N2O2S. The quantitative estimate of drug-likeness (QED) is 0.887. The number of aryl methyl sites for hydroxylation is 1. The summed E-state index contributed by atoms with van der Waals surface area (Å²) in [7, 11) is 1.82. The summed E-state index contributed by atoms with van der Waals surface area (Å²) in [6.07, 6.45) is 3.42. The second-order valence-corrected chi connectivity index (χ2v) is 4.33. The van der Waals surface area contributed by atoms with Crippen LogP contribution in [-0.2, 0) is 7.05 Å². The van der Waals surface area contributed by atoms with Crippen molar-refractivity contribution in [3.8, 4) is 10.6 Å². The Morgan fingerprint density at radius 1 is 1.62 bits per heavy atom. The summed E-state index contributed by atoms with van der Waals surface area (Å²) in [6.45, 7) is 3.71. The maximum absolute atomic E-state index is 10.8. The third-order valence-electron chi connectivity index (χ3n) is 2.24. The Labute approximate surface area is 96.5 Å². The maximum atomic E-state index is 10.8. The molecule has 2 heterocycles. The third kappa shape index (κ3) is 1.65. The minimum absolute atomic E-state index is 0.325. The highest BCUT2D eigenvalue weighted by Gasteiger charge is 2.13. The van der Waals surface area contributed by atoms with Crippen molar-refractivity contribution in [1.29, 1.82) is 0 Å². The van der Waals surface area contributed by atoms with Gasteiger partial charge in [-0.05, 0) is 12.1 Å². The molecule has 0 bridgehead atoms. The van der Waals surface area contributed by atoms with E-state index in [4.69, 9.17) is 5.11 Å². The van der Waals surface area contributed by atoms with Crippen molar-refractivity contribution in [1.82, 2.24) is 9.78 Å². The van der Waals surface area contributed by atoms with E-state index in [0.29, 0.717) is 4.88 Å². The molecule has 0 saturated carbocycles. The van der Waals surface area contributed by atoms with Crippen LogP contribution in [0, 0.1) is 0 Å². The van der Waals surface area contributed by atoms with Crippen molar-refractivity contribution in [2.24, 2.45) is 7.05 Å². The van der Waals surface area contributed by atoms with Gasteiger partial charge < -0.3 is 5.11 Å². The molecule has 82 valence electrons. The first-order valence-corrected chi connectivity index (χ1v) is 5.43. The van der Waals surface area contributed by atoms with E-state index < -0.39 is 5.97 Å². The minimum Gasteiger partial charge on any atom is -0.477 e. The van der Waals surface area contributed by atoms with E-state index in [-0.39, 0.29) is 0 Å².